The Morgan fingerprint density at radius 2 is 2.50 bits per heavy atom. The first-order valence-electron chi connectivity index (χ1n) is 2.60. The molecule has 0 aliphatic rings. The fourth-order valence-electron chi connectivity index (χ4n) is 0.460. The van der Waals surface area contributed by atoms with Gasteiger partial charge in [-0.1, -0.05) is 11.8 Å². The quantitative estimate of drug-likeness (QED) is 0.592. The first kappa shape index (κ1) is 7.09. The van der Waals surface area contributed by atoms with Gasteiger partial charge in [0.1, 0.15) is 6.42 Å². The second-order valence-electron chi connectivity index (χ2n) is 1.50. The van der Waals surface area contributed by atoms with E-state index >= 15 is 0 Å². The largest absolute Gasteiger partial charge is 0.415 e. The molecule has 0 saturated carbocycles. The van der Waals surface area contributed by atoms with Crippen molar-refractivity contribution in [2.75, 3.05) is 6.26 Å². The van der Waals surface area contributed by atoms with Crippen LogP contribution in [0.25, 0.3) is 0 Å². The number of thioether (sulfide) groups is 1. The van der Waals surface area contributed by atoms with Crippen molar-refractivity contribution >= 4 is 11.8 Å². The molecule has 0 fully saturated rings. The standard InChI is InChI=1S/C5H5N3OS/c1-10-5-8-7-4(9-5)2-3-6/h2H2,1H3. The highest BCUT2D eigenvalue weighted by Gasteiger charge is 2.01. The predicted molar refractivity (Wildman–Crippen MR) is 35.4 cm³/mol. The summed E-state index contributed by atoms with van der Waals surface area (Å²) in [6.07, 6.45) is 2.03. The molecule has 1 rings (SSSR count). The lowest BCUT2D eigenvalue weighted by atomic mass is 10.5. The second-order valence-corrected chi connectivity index (χ2v) is 2.26. The molecule has 1 aromatic heterocycles. The molecule has 0 radical (unpaired) electrons. The zero-order valence-corrected chi connectivity index (χ0v) is 6.18. The molecule has 0 aromatic carbocycles. The van der Waals surface area contributed by atoms with Crippen LogP contribution in [0, 0.1) is 11.3 Å². The van der Waals surface area contributed by atoms with Crippen molar-refractivity contribution in [3.63, 3.8) is 0 Å². The molecule has 0 spiro atoms. The van der Waals surface area contributed by atoms with Gasteiger partial charge in [0.05, 0.1) is 6.07 Å². The maximum atomic E-state index is 8.22. The highest BCUT2D eigenvalue weighted by Crippen LogP contribution is 2.11. The Hall–Kier alpha value is -1.02. The van der Waals surface area contributed by atoms with Gasteiger partial charge in [-0.3, -0.25) is 0 Å². The van der Waals surface area contributed by atoms with E-state index in [2.05, 4.69) is 10.2 Å². The Morgan fingerprint density at radius 3 is 3.00 bits per heavy atom. The second kappa shape index (κ2) is 3.22. The number of rotatable bonds is 2. The van der Waals surface area contributed by atoms with Crippen LogP contribution in [0.1, 0.15) is 5.89 Å². The molecule has 0 saturated heterocycles. The van der Waals surface area contributed by atoms with Crippen molar-refractivity contribution in [3.8, 4) is 6.07 Å². The number of nitriles is 1. The van der Waals surface area contributed by atoms with Gasteiger partial charge in [-0.15, -0.1) is 10.2 Å². The van der Waals surface area contributed by atoms with E-state index in [0.29, 0.717) is 11.1 Å². The summed E-state index contributed by atoms with van der Waals surface area (Å²) in [6, 6.07) is 1.92. The topological polar surface area (TPSA) is 62.7 Å². The highest BCUT2D eigenvalue weighted by atomic mass is 32.2. The summed E-state index contributed by atoms with van der Waals surface area (Å²) >= 11 is 1.37. The summed E-state index contributed by atoms with van der Waals surface area (Å²) < 4.78 is 4.99. The Morgan fingerprint density at radius 1 is 1.70 bits per heavy atom. The average Bonchev–Trinajstić information content (AvgIpc) is 2.37. The van der Waals surface area contributed by atoms with E-state index < -0.39 is 0 Å². The first-order chi connectivity index (χ1) is 4.86. The third kappa shape index (κ3) is 1.48. The average molecular weight is 155 g/mol. The van der Waals surface area contributed by atoms with Crippen molar-refractivity contribution < 1.29 is 4.42 Å². The molecule has 4 nitrogen and oxygen atoms in total. The summed E-state index contributed by atoms with van der Waals surface area (Å²) in [7, 11) is 0. The molecule has 10 heavy (non-hydrogen) atoms. The van der Waals surface area contributed by atoms with E-state index in [-0.39, 0.29) is 6.42 Å². The van der Waals surface area contributed by atoms with Crippen LogP contribution in [-0.2, 0) is 6.42 Å². The van der Waals surface area contributed by atoms with Crippen LogP contribution in [0.2, 0.25) is 0 Å². The zero-order valence-electron chi connectivity index (χ0n) is 5.37. The van der Waals surface area contributed by atoms with Crippen LogP contribution in [0.4, 0.5) is 0 Å². The molecule has 0 amide bonds. The molecule has 0 N–H and O–H groups in total. The van der Waals surface area contributed by atoms with Gasteiger partial charge in [0.15, 0.2) is 0 Å². The minimum Gasteiger partial charge on any atom is -0.415 e. The maximum absolute atomic E-state index is 8.22. The third-order valence-electron chi connectivity index (χ3n) is 0.853. The van der Waals surface area contributed by atoms with E-state index in [4.69, 9.17) is 9.68 Å². The Bertz CT molecular complexity index is 252. The first-order valence-corrected chi connectivity index (χ1v) is 3.82. The van der Waals surface area contributed by atoms with E-state index in [0.717, 1.165) is 0 Å². The van der Waals surface area contributed by atoms with Crippen LogP contribution >= 0.6 is 11.8 Å². The number of hydrogen-bond donors (Lipinski definition) is 0. The van der Waals surface area contributed by atoms with Crippen molar-refractivity contribution in [1.29, 1.82) is 5.26 Å². The number of aromatic nitrogens is 2. The molecular weight excluding hydrogens is 150 g/mol. The lowest BCUT2D eigenvalue weighted by Crippen LogP contribution is -1.78. The molecule has 0 aliphatic carbocycles. The van der Waals surface area contributed by atoms with Crippen molar-refractivity contribution in [2.24, 2.45) is 0 Å². The smallest absolute Gasteiger partial charge is 0.276 e. The van der Waals surface area contributed by atoms with Crippen LogP contribution in [-0.4, -0.2) is 16.5 Å². The van der Waals surface area contributed by atoms with Crippen molar-refractivity contribution in [3.05, 3.63) is 5.89 Å². The van der Waals surface area contributed by atoms with Gasteiger partial charge >= 0.3 is 0 Å². The van der Waals surface area contributed by atoms with E-state index in [9.17, 15) is 0 Å². The monoisotopic (exact) mass is 155 g/mol. The number of hydrogen-bond acceptors (Lipinski definition) is 5. The summed E-state index contributed by atoms with van der Waals surface area (Å²) in [4.78, 5) is 0. The molecule has 0 atom stereocenters. The van der Waals surface area contributed by atoms with Crippen molar-refractivity contribution in [1.82, 2.24) is 10.2 Å². The fourth-order valence-corrected chi connectivity index (χ4v) is 0.762. The molecule has 0 aliphatic heterocycles. The van der Waals surface area contributed by atoms with E-state index in [1.165, 1.54) is 11.8 Å². The van der Waals surface area contributed by atoms with Gasteiger partial charge < -0.3 is 4.42 Å². The molecule has 0 bridgehead atoms. The lowest BCUT2D eigenvalue weighted by Gasteiger charge is -1.79. The molecular formula is C5H5N3OS. The van der Waals surface area contributed by atoms with E-state index in [1.54, 1.807) is 0 Å². The highest BCUT2D eigenvalue weighted by molar-refractivity contribution is 7.98. The van der Waals surface area contributed by atoms with Gasteiger partial charge in [-0.05, 0) is 6.26 Å². The molecule has 1 heterocycles. The van der Waals surface area contributed by atoms with Crippen LogP contribution in [0.15, 0.2) is 9.64 Å². The van der Waals surface area contributed by atoms with Gasteiger partial charge in [0, 0.05) is 0 Å². The minimum absolute atomic E-state index is 0.188. The van der Waals surface area contributed by atoms with Crippen LogP contribution < -0.4 is 0 Å². The SMILES string of the molecule is CSc1nnc(CC#N)o1. The Kier molecular flexibility index (Phi) is 2.29. The normalized spacial score (nSPS) is 9.20. The minimum atomic E-state index is 0.188. The fraction of sp³-hybridized carbons (Fsp3) is 0.400. The van der Waals surface area contributed by atoms with Crippen LogP contribution in [0.3, 0.4) is 0 Å². The summed E-state index contributed by atoms with van der Waals surface area (Å²) in [5.74, 6) is 0.381. The lowest BCUT2D eigenvalue weighted by molar-refractivity contribution is 0.423. The summed E-state index contributed by atoms with van der Waals surface area (Å²) in [5, 5.41) is 16.0. The Balaban J connectivity index is 2.70. The van der Waals surface area contributed by atoms with E-state index in [1.807, 2.05) is 12.3 Å². The van der Waals surface area contributed by atoms with Gasteiger partial charge in [-0.2, -0.15) is 5.26 Å². The summed E-state index contributed by atoms with van der Waals surface area (Å²) in [5.41, 5.74) is 0. The molecule has 52 valence electrons. The summed E-state index contributed by atoms with van der Waals surface area (Å²) in [6.45, 7) is 0. The zero-order chi connectivity index (χ0) is 7.40. The third-order valence-corrected chi connectivity index (χ3v) is 1.37. The van der Waals surface area contributed by atoms with Gasteiger partial charge in [0.25, 0.3) is 5.22 Å². The van der Waals surface area contributed by atoms with Gasteiger partial charge in [-0.25, -0.2) is 0 Å². The Labute approximate surface area is 62.2 Å². The van der Waals surface area contributed by atoms with Gasteiger partial charge in [0.2, 0.25) is 5.89 Å². The predicted octanol–water partition coefficient (Wildman–Crippen LogP) is 0.858. The van der Waals surface area contributed by atoms with Crippen LogP contribution in [0.5, 0.6) is 0 Å². The molecule has 5 heteroatoms. The molecule has 0 unspecified atom stereocenters. The maximum Gasteiger partial charge on any atom is 0.276 e. The van der Waals surface area contributed by atoms with Crippen molar-refractivity contribution in [2.45, 2.75) is 11.6 Å². The number of nitrogens with zero attached hydrogens (tertiary/aromatic N) is 3. The molecule has 1 aromatic rings.